The van der Waals surface area contributed by atoms with Crippen LogP contribution in [0.25, 0.3) is 32.9 Å². The number of aromatic hydroxyl groups is 1. The van der Waals surface area contributed by atoms with Gasteiger partial charge in [0.15, 0.2) is 5.82 Å². The van der Waals surface area contributed by atoms with Crippen LogP contribution in [-0.2, 0) is 0 Å². The predicted octanol–water partition coefficient (Wildman–Crippen LogP) is 5.50. The topological polar surface area (TPSA) is 86.6 Å². The summed E-state index contributed by atoms with van der Waals surface area (Å²) >= 11 is 0. The Morgan fingerprint density at radius 3 is 2.71 bits per heavy atom. The summed E-state index contributed by atoms with van der Waals surface area (Å²) in [6.07, 6.45) is 7.49. The Kier molecular flexibility index (Phi) is 6.23. The number of nitrogens with one attached hydrogen (secondary N) is 1. The molecule has 6 atom stereocenters. The number of piperazine rings is 1. The summed E-state index contributed by atoms with van der Waals surface area (Å²) in [4.78, 5) is 18.4. The van der Waals surface area contributed by atoms with E-state index in [-0.39, 0.29) is 40.5 Å². The van der Waals surface area contributed by atoms with Crippen LogP contribution in [0.4, 0.5) is 19.0 Å². The highest BCUT2D eigenvalue weighted by Gasteiger charge is 2.58. The molecule has 45 heavy (non-hydrogen) atoms. The second-order valence-electron chi connectivity index (χ2n) is 13.8. The highest BCUT2D eigenvalue weighted by molar-refractivity contribution is 6.00. The Bertz CT molecular complexity index is 1830. The summed E-state index contributed by atoms with van der Waals surface area (Å²) in [6.45, 7) is 2.08. The average Bonchev–Trinajstić information content (AvgIpc) is 3.76. The Hall–Kier alpha value is -3.70. The maximum absolute atomic E-state index is 16.7. The molecule has 9 rings (SSSR count). The monoisotopic (exact) mass is 616 g/mol. The number of rotatable bonds is 5. The molecule has 8 nitrogen and oxygen atoms in total. The van der Waals surface area contributed by atoms with Gasteiger partial charge in [0.25, 0.3) is 0 Å². The van der Waals surface area contributed by atoms with Crippen LogP contribution in [0.15, 0.2) is 36.5 Å². The van der Waals surface area contributed by atoms with Crippen molar-refractivity contribution in [3.8, 4) is 23.0 Å². The van der Waals surface area contributed by atoms with Gasteiger partial charge in [-0.15, -0.1) is 0 Å². The van der Waals surface area contributed by atoms with Crippen molar-refractivity contribution in [2.24, 2.45) is 5.92 Å². The van der Waals surface area contributed by atoms with Gasteiger partial charge in [-0.2, -0.15) is 9.97 Å². The van der Waals surface area contributed by atoms with Gasteiger partial charge in [0.1, 0.15) is 41.4 Å². The number of aromatic nitrogens is 3. The van der Waals surface area contributed by atoms with E-state index >= 15 is 8.78 Å². The molecule has 2 bridgehead atoms. The van der Waals surface area contributed by atoms with E-state index in [4.69, 9.17) is 9.72 Å². The first-order valence-corrected chi connectivity index (χ1v) is 16.2. The first-order valence-electron chi connectivity index (χ1n) is 16.2. The minimum atomic E-state index is -0.900. The molecule has 0 spiro atoms. The van der Waals surface area contributed by atoms with Crippen molar-refractivity contribution in [2.45, 2.75) is 74.8 Å². The number of pyridine rings is 1. The van der Waals surface area contributed by atoms with E-state index in [9.17, 15) is 9.50 Å². The lowest BCUT2D eigenvalue weighted by Crippen LogP contribution is -2.51. The number of halogens is 3. The fraction of sp³-hybridized carbons (Fsp3) is 0.500. The molecule has 0 radical (unpaired) electrons. The van der Waals surface area contributed by atoms with E-state index in [0.717, 1.165) is 32.1 Å². The summed E-state index contributed by atoms with van der Waals surface area (Å²) in [5, 5.41) is 15.1. The molecule has 1 aliphatic carbocycles. The summed E-state index contributed by atoms with van der Waals surface area (Å²) in [7, 11) is 0. The third kappa shape index (κ3) is 4.37. The zero-order valence-electron chi connectivity index (χ0n) is 24.9. The van der Waals surface area contributed by atoms with E-state index < -0.39 is 23.3 Å². The van der Waals surface area contributed by atoms with Gasteiger partial charge in [-0.25, -0.2) is 13.2 Å². The SMILES string of the molecule is Oc1cc(-c2ncc3c(N4CC5CCC(C4)N5)nc(OC[C@]45C[C@H](F)CN4[C@H]4CCC[C@H]4C5)nc3c2F)c2c(F)cccc2c1. The maximum Gasteiger partial charge on any atom is 0.319 e. The van der Waals surface area contributed by atoms with Crippen LogP contribution in [0.3, 0.4) is 0 Å². The molecule has 2 aromatic carbocycles. The minimum absolute atomic E-state index is 0.0196. The van der Waals surface area contributed by atoms with Gasteiger partial charge in [0.2, 0.25) is 0 Å². The Labute approximate surface area is 258 Å². The van der Waals surface area contributed by atoms with Gasteiger partial charge in [-0.3, -0.25) is 9.88 Å². The molecule has 0 amide bonds. The number of ether oxygens (including phenoxy) is 1. The zero-order valence-corrected chi connectivity index (χ0v) is 24.9. The summed E-state index contributed by atoms with van der Waals surface area (Å²) < 4.78 is 53.0. The number of nitrogens with zero attached hydrogens (tertiary/aromatic N) is 5. The largest absolute Gasteiger partial charge is 0.508 e. The summed E-state index contributed by atoms with van der Waals surface area (Å²) in [5.74, 6) is -0.310. The fourth-order valence-corrected chi connectivity index (χ4v) is 9.28. The molecule has 2 unspecified atom stereocenters. The Balaban J connectivity index is 1.15. The van der Waals surface area contributed by atoms with Crippen LogP contribution < -0.4 is 15.0 Å². The van der Waals surface area contributed by atoms with Crippen LogP contribution in [-0.4, -0.2) is 81.0 Å². The van der Waals surface area contributed by atoms with Gasteiger partial charge in [0.05, 0.1) is 10.9 Å². The van der Waals surface area contributed by atoms with E-state index in [0.29, 0.717) is 66.7 Å². The van der Waals surface area contributed by atoms with E-state index in [1.807, 2.05) is 0 Å². The molecule has 2 N–H and O–H groups in total. The number of alkyl halides is 1. The van der Waals surface area contributed by atoms with Gasteiger partial charge >= 0.3 is 6.01 Å². The van der Waals surface area contributed by atoms with Crippen LogP contribution in [0.1, 0.15) is 44.9 Å². The van der Waals surface area contributed by atoms with Gasteiger partial charge in [-0.1, -0.05) is 18.6 Å². The molecular weight excluding hydrogens is 581 g/mol. The number of phenols is 1. The molecule has 6 heterocycles. The van der Waals surface area contributed by atoms with Crippen LogP contribution in [0, 0.1) is 17.6 Å². The van der Waals surface area contributed by atoms with Gasteiger partial charge < -0.3 is 20.1 Å². The summed E-state index contributed by atoms with van der Waals surface area (Å²) in [6, 6.07) is 8.33. The number of anilines is 1. The van der Waals surface area contributed by atoms with Crippen molar-refractivity contribution < 1.29 is 23.0 Å². The standard InChI is InChI=1S/C34H35F3N6O2/c35-20-12-34(11-19-4-2-6-27(19)43(34)14-20)17-45-33-40-31-25(32(41-33)42-15-21-7-8-22(16-42)39-21)13-38-30(29(31)37)24-10-23(44)9-18-3-1-5-26(36)28(18)24/h1,3,5,9-10,13,19-22,27,39,44H,2,4,6-8,11-12,14-17H2/t19-,20-,21?,22?,27-,34-/m0/s1. The van der Waals surface area contributed by atoms with E-state index in [2.05, 4.69) is 25.1 Å². The highest BCUT2D eigenvalue weighted by Crippen LogP contribution is 2.52. The van der Waals surface area contributed by atoms with Crippen molar-refractivity contribution in [3.05, 3.63) is 48.2 Å². The third-order valence-electron chi connectivity index (χ3n) is 11.1. The molecule has 4 saturated heterocycles. The lowest BCUT2D eigenvalue weighted by Gasteiger charge is -2.35. The predicted molar refractivity (Wildman–Crippen MR) is 164 cm³/mol. The van der Waals surface area contributed by atoms with Crippen molar-refractivity contribution in [2.75, 3.05) is 31.1 Å². The average molecular weight is 617 g/mol. The highest BCUT2D eigenvalue weighted by atomic mass is 19.1. The molecule has 11 heteroatoms. The van der Waals surface area contributed by atoms with Crippen LogP contribution in [0.5, 0.6) is 11.8 Å². The van der Waals surface area contributed by atoms with Crippen LogP contribution in [0.2, 0.25) is 0 Å². The van der Waals surface area contributed by atoms with Crippen molar-refractivity contribution in [3.63, 3.8) is 0 Å². The number of hydrogen-bond donors (Lipinski definition) is 2. The second kappa shape index (κ2) is 10.2. The molecule has 4 aliphatic heterocycles. The number of fused-ring (bicyclic) bond motifs is 7. The molecule has 4 aromatic rings. The second-order valence-corrected chi connectivity index (χ2v) is 13.8. The molecule has 1 saturated carbocycles. The van der Waals surface area contributed by atoms with Gasteiger partial charge in [0, 0.05) is 61.3 Å². The molecule has 2 aromatic heterocycles. The summed E-state index contributed by atoms with van der Waals surface area (Å²) in [5.41, 5.74) is -0.376. The first-order chi connectivity index (χ1) is 21.8. The quantitative estimate of drug-likeness (QED) is 0.304. The van der Waals surface area contributed by atoms with E-state index in [1.165, 1.54) is 30.8 Å². The Morgan fingerprint density at radius 2 is 1.87 bits per heavy atom. The maximum atomic E-state index is 16.7. The molecule has 5 aliphatic rings. The smallest absolute Gasteiger partial charge is 0.319 e. The minimum Gasteiger partial charge on any atom is -0.508 e. The molecule has 234 valence electrons. The van der Waals surface area contributed by atoms with Crippen molar-refractivity contribution >= 4 is 27.5 Å². The Morgan fingerprint density at radius 1 is 1.02 bits per heavy atom. The zero-order chi connectivity index (χ0) is 30.4. The lowest BCUT2D eigenvalue weighted by molar-refractivity contribution is 0.0832. The van der Waals surface area contributed by atoms with Crippen molar-refractivity contribution in [1.82, 2.24) is 25.2 Å². The number of phenolic OH excluding ortho intramolecular Hbond substituents is 1. The fourth-order valence-electron chi connectivity index (χ4n) is 9.28. The van der Waals surface area contributed by atoms with E-state index in [1.54, 1.807) is 12.1 Å². The normalized spacial score (nSPS) is 30.8. The molecule has 5 fully saturated rings. The number of hydrogen-bond acceptors (Lipinski definition) is 8. The molecular formula is C34H35F3N6O2. The van der Waals surface area contributed by atoms with Gasteiger partial charge in [-0.05, 0) is 61.6 Å². The van der Waals surface area contributed by atoms with Crippen LogP contribution >= 0.6 is 0 Å². The number of benzene rings is 2. The first kappa shape index (κ1) is 27.6. The van der Waals surface area contributed by atoms with Crippen molar-refractivity contribution in [1.29, 1.82) is 0 Å². The third-order valence-corrected chi connectivity index (χ3v) is 11.1. The lowest BCUT2D eigenvalue weighted by atomic mass is 9.89.